The summed E-state index contributed by atoms with van der Waals surface area (Å²) in [6.45, 7) is 4.39. The lowest BCUT2D eigenvalue weighted by molar-refractivity contribution is -0.122. The van der Waals surface area contributed by atoms with E-state index in [1.807, 2.05) is 30.3 Å². The van der Waals surface area contributed by atoms with Crippen LogP contribution in [0.1, 0.15) is 34.8 Å². The van der Waals surface area contributed by atoms with E-state index in [0.717, 1.165) is 38.4 Å². The van der Waals surface area contributed by atoms with E-state index in [0.29, 0.717) is 30.0 Å². The second-order valence-corrected chi connectivity index (χ2v) is 7.75. The number of carbonyl (C=O) groups is 2. The standard InChI is InChI=1S/C23H28ClN3O3/c24-20-10-8-19(9-11-20)23(29)25-12-4-7-22(28)26-21(18-5-2-1-3-6-18)17-27-13-15-30-16-14-27/h1-3,5-6,8-11,21H,4,7,12-17H2,(H,25,29)(H,26,28). The quantitative estimate of drug-likeness (QED) is 0.601. The summed E-state index contributed by atoms with van der Waals surface area (Å²) in [7, 11) is 0. The fourth-order valence-corrected chi connectivity index (χ4v) is 3.51. The van der Waals surface area contributed by atoms with Crippen molar-refractivity contribution in [3.63, 3.8) is 0 Å². The molecule has 0 saturated carbocycles. The Balaban J connectivity index is 1.45. The van der Waals surface area contributed by atoms with E-state index in [9.17, 15) is 9.59 Å². The van der Waals surface area contributed by atoms with Gasteiger partial charge in [0, 0.05) is 43.2 Å². The summed E-state index contributed by atoms with van der Waals surface area (Å²) in [6.07, 6.45) is 0.928. The van der Waals surface area contributed by atoms with Gasteiger partial charge in [0.05, 0.1) is 19.3 Å². The first kappa shape index (κ1) is 22.3. The molecular weight excluding hydrogens is 402 g/mol. The summed E-state index contributed by atoms with van der Waals surface area (Å²) in [6, 6.07) is 16.7. The van der Waals surface area contributed by atoms with Gasteiger partial charge < -0.3 is 15.4 Å². The second kappa shape index (κ2) is 11.7. The Labute approximate surface area is 182 Å². The van der Waals surface area contributed by atoms with Gasteiger partial charge in [-0.15, -0.1) is 0 Å². The van der Waals surface area contributed by atoms with E-state index in [4.69, 9.17) is 16.3 Å². The molecule has 6 nitrogen and oxygen atoms in total. The minimum atomic E-state index is -0.165. The molecule has 0 spiro atoms. The number of nitrogens with one attached hydrogen (secondary N) is 2. The van der Waals surface area contributed by atoms with Crippen molar-refractivity contribution in [3.05, 3.63) is 70.7 Å². The number of hydrogen-bond donors (Lipinski definition) is 2. The predicted molar refractivity (Wildman–Crippen MR) is 118 cm³/mol. The lowest BCUT2D eigenvalue weighted by Crippen LogP contribution is -2.43. The van der Waals surface area contributed by atoms with Crippen LogP contribution in [0.4, 0.5) is 0 Å². The van der Waals surface area contributed by atoms with Crippen LogP contribution < -0.4 is 10.6 Å². The van der Waals surface area contributed by atoms with E-state index >= 15 is 0 Å². The SMILES string of the molecule is O=C(CCCNC(=O)c1ccc(Cl)cc1)NC(CN1CCOCC1)c1ccccc1. The Morgan fingerprint density at radius 2 is 1.73 bits per heavy atom. The van der Waals surface area contributed by atoms with Gasteiger partial charge in [-0.1, -0.05) is 41.9 Å². The minimum Gasteiger partial charge on any atom is -0.379 e. The van der Waals surface area contributed by atoms with Gasteiger partial charge in [0.2, 0.25) is 5.91 Å². The van der Waals surface area contributed by atoms with E-state index in [1.165, 1.54) is 0 Å². The molecule has 3 rings (SSSR count). The average Bonchev–Trinajstić information content (AvgIpc) is 2.78. The molecule has 0 aromatic heterocycles. The molecule has 1 unspecified atom stereocenters. The Morgan fingerprint density at radius 3 is 2.43 bits per heavy atom. The van der Waals surface area contributed by atoms with Crippen LogP contribution in [0.25, 0.3) is 0 Å². The molecule has 0 bridgehead atoms. The van der Waals surface area contributed by atoms with Crippen LogP contribution in [-0.2, 0) is 9.53 Å². The van der Waals surface area contributed by atoms with Gasteiger partial charge in [0.1, 0.15) is 0 Å². The van der Waals surface area contributed by atoms with Crippen LogP contribution in [0, 0.1) is 0 Å². The van der Waals surface area contributed by atoms with Crippen LogP contribution in [0.15, 0.2) is 54.6 Å². The predicted octanol–water partition coefficient (Wildman–Crippen LogP) is 3.04. The lowest BCUT2D eigenvalue weighted by atomic mass is 10.1. The fourth-order valence-electron chi connectivity index (χ4n) is 3.38. The largest absolute Gasteiger partial charge is 0.379 e. The molecule has 1 fully saturated rings. The third-order valence-corrected chi connectivity index (χ3v) is 5.31. The van der Waals surface area contributed by atoms with Gasteiger partial charge >= 0.3 is 0 Å². The van der Waals surface area contributed by atoms with E-state index in [2.05, 4.69) is 15.5 Å². The van der Waals surface area contributed by atoms with Crippen molar-refractivity contribution in [1.29, 1.82) is 0 Å². The van der Waals surface area contributed by atoms with Gasteiger partial charge in [0.25, 0.3) is 5.91 Å². The van der Waals surface area contributed by atoms with Gasteiger partial charge in [-0.25, -0.2) is 0 Å². The molecule has 1 aliphatic heterocycles. The van der Waals surface area contributed by atoms with Crippen molar-refractivity contribution < 1.29 is 14.3 Å². The number of rotatable bonds is 9. The van der Waals surface area contributed by atoms with Gasteiger partial charge in [-0.05, 0) is 36.2 Å². The summed E-state index contributed by atoms with van der Waals surface area (Å²) >= 11 is 5.84. The average molecular weight is 430 g/mol. The van der Waals surface area contributed by atoms with E-state index in [-0.39, 0.29) is 17.9 Å². The van der Waals surface area contributed by atoms with Gasteiger partial charge in [-0.2, -0.15) is 0 Å². The van der Waals surface area contributed by atoms with Gasteiger partial charge in [0.15, 0.2) is 0 Å². The number of hydrogen-bond acceptors (Lipinski definition) is 4. The van der Waals surface area contributed by atoms with Crippen LogP contribution in [0.3, 0.4) is 0 Å². The summed E-state index contributed by atoms with van der Waals surface area (Å²) in [5.41, 5.74) is 1.65. The number of halogens is 1. The van der Waals surface area contributed by atoms with Crippen molar-refractivity contribution in [3.8, 4) is 0 Å². The molecule has 0 aliphatic carbocycles. The number of morpholine rings is 1. The normalized spacial score (nSPS) is 15.4. The zero-order valence-electron chi connectivity index (χ0n) is 17.0. The number of carbonyl (C=O) groups excluding carboxylic acids is 2. The smallest absolute Gasteiger partial charge is 0.251 e. The third kappa shape index (κ3) is 7.13. The second-order valence-electron chi connectivity index (χ2n) is 7.31. The van der Waals surface area contributed by atoms with Crippen LogP contribution in [0.2, 0.25) is 5.02 Å². The lowest BCUT2D eigenvalue weighted by Gasteiger charge is -2.31. The zero-order valence-corrected chi connectivity index (χ0v) is 17.7. The van der Waals surface area contributed by atoms with Crippen LogP contribution in [0.5, 0.6) is 0 Å². The highest BCUT2D eigenvalue weighted by Crippen LogP contribution is 2.16. The maximum absolute atomic E-state index is 12.5. The Kier molecular flexibility index (Phi) is 8.68. The van der Waals surface area contributed by atoms with Crippen molar-refractivity contribution in [1.82, 2.24) is 15.5 Å². The molecule has 2 amide bonds. The number of ether oxygens (including phenoxy) is 1. The number of nitrogens with zero attached hydrogens (tertiary/aromatic N) is 1. The maximum atomic E-state index is 12.5. The maximum Gasteiger partial charge on any atom is 0.251 e. The molecule has 2 aromatic carbocycles. The van der Waals surface area contributed by atoms with Crippen LogP contribution >= 0.6 is 11.6 Å². The number of benzene rings is 2. The molecule has 1 aliphatic rings. The van der Waals surface area contributed by atoms with Crippen LogP contribution in [-0.4, -0.2) is 56.1 Å². The molecule has 2 aromatic rings. The molecule has 0 radical (unpaired) electrons. The molecule has 30 heavy (non-hydrogen) atoms. The molecular formula is C23H28ClN3O3. The first-order valence-corrected chi connectivity index (χ1v) is 10.7. The van der Waals surface area contributed by atoms with Gasteiger partial charge in [-0.3, -0.25) is 14.5 Å². The molecule has 1 heterocycles. The Bertz CT molecular complexity index is 808. The van der Waals surface area contributed by atoms with E-state index in [1.54, 1.807) is 24.3 Å². The molecule has 160 valence electrons. The third-order valence-electron chi connectivity index (χ3n) is 5.05. The molecule has 7 heteroatoms. The first-order chi connectivity index (χ1) is 14.6. The summed E-state index contributed by atoms with van der Waals surface area (Å²) in [5, 5.41) is 6.59. The highest BCUT2D eigenvalue weighted by Gasteiger charge is 2.20. The fraction of sp³-hybridized carbons (Fsp3) is 0.391. The molecule has 1 atom stereocenters. The topological polar surface area (TPSA) is 70.7 Å². The monoisotopic (exact) mass is 429 g/mol. The Hall–Kier alpha value is -2.41. The van der Waals surface area contributed by atoms with E-state index < -0.39 is 0 Å². The Morgan fingerprint density at radius 1 is 1.03 bits per heavy atom. The first-order valence-electron chi connectivity index (χ1n) is 10.3. The van der Waals surface area contributed by atoms with Crippen molar-refractivity contribution in [2.45, 2.75) is 18.9 Å². The summed E-state index contributed by atoms with van der Waals surface area (Å²) in [5.74, 6) is -0.181. The summed E-state index contributed by atoms with van der Waals surface area (Å²) in [4.78, 5) is 27.0. The summed E-state index contributed by atoms with van der Waals surface area (Å²) < 4.78 is 5.42. The minimum absolute atomic E-state index is 0.0159. The molecule has 2 N–H and O–H groups in total. The highest BCUT2D eigenvalue weighted by molar-refractivity contribution is 6.30. The molecule has 1 saturated heterocycles. The zero-order chi connectivity index (χ0) is 21.2. The van der Waals surface area contributed by atoms with Crippen molar-refractivity contribution in [2.24, 2.45) is 0 Å². The van der Waals surface area contributed by atoms with Crippen molar-refractivity contribution >= 4 is 23.4 Å². The van der Waals surface area contributed by atoms with Crippen molar-refractivity contribution in [2.75, 3.05) is 39.4 Å². The highest BCUT2D eigenvalue weighted by atomic mass is 35.5. The number of amides is 2.